The third-order valence-electron chi connectivity index (χ3n) is 5.25. The number of para-hydroxylation sites is 1. The van der Waals surface area contributed by atoms with Crippen molar-refractivity contribution in [3.63, 3.8) is 0 Å². The number of fused-ring (bicyclic) bond motifs is 4. The second kappa shape index (κ2) is 8.63. The predicted molar refractivity (Wildman–Crippen MR) is 124 cm³/mol. The molecule has 0 unspecified atom stereocenters. The molecule has 3 heterocycles. The first-order valence-corrected chi connectivity index (χ1v) is 10.4. The SMILES string of the molecule is Oc1ccc(-c2ccc3ccc4cccnc4c3n2)cc1-c1nc2ccccc2s1.[Cs+].[H-]. The van der Waals surface area contributed by atoms with Crippen molar-refractivity contribution in [2.75, 3.05) is 0 Å². The van der Waals surface area contributed by atoms with Crippen molar-refractivity contribution in [2.24, 2.45) is 0 Å². The Morgan fingerprint density at radius 1 is 0.774 bits per heavy atom. The molecule has 4 nitrogen and oxygen atoms in total. The second-order valence-corrected chi connectivity index (χ2v) is 8.16. The van der Waals surface area contributed by atoms with Gasteiger partial charge >= 0.3 is 68.9 Å². The van der Waals surface area contributed by atoms with Crippen molar-refractivity contribution >= 4 is 43.4 Å². The minimum absolute atomic E-state index is 0. The van der Waals surface area contributed by atoms with E-state index in [4.69, 9.17) is 9.97 Å². The van der Waals surface area contributed by atoms with Crippen LogP contribution in [0.3, 0.4) is 0 Å². The molecule has 0 atom stereocenters. The van der Waals surface area contributed by atoms with Crippen LogP contribution in [0.4, 0.5) is 0 Å². The molecule has 0 spiro atoms. The zero-order valence-electron chi connectivity index (χ0n) is 17.8. The summed E-state index contributed by atoms with van der Waals surface area (Å²) in [6.45, 7) is 0. The maximum absolute atomic E-state index is 10.5. The molecule has 1 N–H and O–H groups in total. The molecule has 31 heavy (non-hydrogen) atoms. The van der Waals surface area contributed by atoms with E-state index in [1.165, 1.54) is 0 Å². The molecule has 0 aliphatic rings. The predicted octanol–water partition coefficient (Wildman–Crippen LogP) is 3.55. The largest absolute Gasteiger partial charge is 1.00 e. The van der Waals surface area contributed by atoms with Crippen molar-refractivity contribution in [3.05, 3.63) is 85.1 Å². The van der Waals surface area contributed by atoms with E-state index in [9.17, 15) is 5.11 Å². The summed E-state index contributed by atoms with van der Waals surface area (Å²) in [6, 6.07) is 25.7. The molecule has 144 valence electrons. The fraction of sp³-hybridized carbons (Fsp3) is 0. The Balaban J connectivity index is 0.00000122. The van der Waals surface area contributed by atoms with Crippen molar-refractivity contribution in [2.45, 2.75) is 0 Å². The fourth-order valence-corrected chi connectivity index (χ4v) is 4.73. The Labute approximate surface area is 242 Å². The van der Waals surface area contributed by atoms with Crippen LogP contribution in [-0.2, 0) is 0 Å². The second-order valence-electron chi connectivity index (χ2n) is 7.13. The molecule has 3 aromatic heterocycles. The van der Waals surface area contributed by atoms with Gasteiger partial charge in [-0.05, 0) is 42.5 Å². The molecule has 6 aromatic rings. The van der Waals surface area contributed by atoms with Gasteiger partial charge < -0.3 is 6.53 Å². The quantitative estimate of drug-likeness (QED) is 0.342. The summed E-state index contributed by atoms with van der Waals surface area (Å²) < 4.78 is 1.10. The van der Waals surface area contributed by atoms with E-state index in [-0.39, 0.29) is 76.1 Å². The molecule has 0 radical (unpaired) electrons. The van der Waals surface area contributed by atoms with Crippen molar-refractivity contribution in [1.29, 1.82) is 0 Å². The fourth-order valence-electron chi connectivity index (χ4n) is 3.74. The van der Waals surface area contributed by atoms with E-state index < -0.39 is 0 Å². The van der Waals surface area contributed by atoms with Crippen LogP contribution in [0.2, 0.25) is 0 Å². The summed E-state index contributed by atoms with van der Waals surface area (Å²) in [5.74, 6) is 0.214. The van der Waals surface area contributed by atoms with E-state index in [1.54, 1.807) is 23.6 Å². The van der Waals surface area contributed by atoms with Gasteiger partial charge in [-0.15, -0.1) is 11.3 Å². The molecule has 6 rings (SSSR count). The molecule has 0 saturated heterocycles. The summed E-state index contributed by atoms with van der Waals surface area (Å²) in [7, 11) is 0. The van der Waals surface area contributed by atoms with Crippen molar-refractivity contribution < 1.29 is 75.4 Å². The van der Waals surface area contributed by atoms with E-state index in [2.05, 4.69) is 23.2 Å². The number of benzene rings is 3. The Kier molecular flexibility index (Phi) is 5.87. The van der Waals surface area contributed by atoms with Crippen LogP contribution in [0.5, 0.6) is 5.75 Å². The normalized spacial score (nSPS) is 11.1. The number of aromatic nitrogens is 3. The van der Waals surface area contributed by atoms with E-state index in [0.29, 0.717) is 5.56 Å². The number of thiazole rings is 1. The Morgan fingerprint density at radius 3 is 2.45 bits per heavy atom. The Bertz CT molecular complexity index is 1550. The first-order valence-electron chi connectivity index (χ1n) is 9.60. The van der Waals surface area contributed by atoms with Crippen LogP contribution in [0, 0.1) is 0 Å². The number of phenols is 1. The number of phenolic OH excluding ortho intramolecular Hbond substituents is 1. The van der Waals surface area contributed by atoms with Crippen LogP contribution in [0.25, 0.3) is 53.9 Å². The summed E-state index contributed by atoms with van der Waals surface area (Å²) in [6.07, 6.45) is 1.79. The van der Waals surface area contributed by atoms with Crippen molar-refractivity contribution in [3.8, 4) is 27.6 Å². The molecule has 0 saturated carbocycles. The Morgan fingerprint density at radius 2 is 1.58 bits per heavy atom. The number of aromatic hydroxyl groups is 1. The standard InChI is InChI=1S/C25H15N3OS.Cs.H/c29-21-12-10-17(14-18(21)25-28-20-5-1-2-6-22(20)30-25)19-11-9-16-8-7-15-4-3-13-26-23(15)24(16)27-19;;/h1-14,29H;;/q;+1;-1. The van der Waals surface area contributed by atoms with Crippen molar-refractivity contribution in [1.82, 2.24) is 15.0 Å². The maximum atomic E-state index is 10.5. The monoisotopic (exact) mass is 539 g/mol. The summed E-state index contributed by atoms with van der Waals surface area (Å²) in [5.41, 5.74) is 5.18. The van der Waals surface area contributed by atoms with Gasteiger partial charge in [0.15, 0.2) is 0 Å². The summed E-state index contributed by atoms with van der Waals surface area (Å²) in [5, 5.41) is 13.4. The summed E-state index contributed by atoms with van der Waals surface area (Å²) >= 11 is 1.57. The zero-order chi connectivity index (χ0) is 20.1. The van der Waals surface area contributed by atoms with Gasteiger partial charge in [0.25, 0.3) is 0 Å². The number of nitrogens with zero attached hydrogens (tertiary/aromatic N) is 3. The molecule has 0 aliphatic heterocycles. The topological polar surface area (TPSA) is 58.9 Å². The number of hydrogen-bond acceptors (Lipinski definition) is 5. The molecule has 0 amide bonds. The zero-order valence-corrected chi connectivity index (χ0v) is 23.9. The van der Waals surface area contributed by atoms with Crippen LogP contribution < -0.4 is 68.9 Å². The molecule has 0 aliphatic carbocycles. The van der Waals surface area contributed by atoms with Crippen LogP contribution >= 0.6 is 11.3 Å². The number of pyridine rings is 2. The molecule has 3 aromatic carbocycles. The maximum Gasteiger partial charge on any atom is 1.00 e. The molecule has 0 bridgehead atoms. The van der Waals surface area contributed by atoms with Crippen LogP contribution in [-0.4, -0.2) is 20.1 Å². The van der Waals surface area contributed by atoms with Gasteiger partial charge in [0.1, 0.15) is 10.8 Å². The third-order valence-corrected chi connectivity index (χ3v) is 6.32. The molecular formula is C25H16CsN3OS. The van der Waals surface area contributed by atoms with Gasteiger partial charge in [-0.3, -0.25) is 4.98 Å². The van der Waals surface area contributed by atoms with Gasteiger partial charge in [-0.2, -0.15) is 0 Å². The van der Waals surface area contributed by atoms with Gasteiger partial charge in [0, 0.05) is 22.5 Å². The minimum Gasteiger partial charge on any atom is -1.00 e. The average molecular weight is 539 g/mol. The third kappa shape index (κ3) is 3.83. The van der Waals surface area contributed by atoms with E-state index >= 15 is 0 Å². The van der Waals surface area contributed by atoms with Crippen LogP contribution in [0.15, 0.2) is 85.1 Å². The summed E-state index contributed by atoms with van der Waals surface area (Å²) in [4.78, 5) is 14.2. The van der Waals surface area contributed by atoms with Gasteiger partial charge in [-0.25, -0.2) is 9.97 Å². The number of rotatable bonds is 2. The van der Waals surface area contributed by atoms with E-state index in [1.807, 2.05) is 54.6 Å². The first kappa shape index (κ1) is 21.1. The smallest absolute Gasteiger partial charge is 1.00 e. The Hall–Kier alpha value is -1.78. The molecule has 0 fully saturated rings. The average Bonchev–Trinajstić information content (AvgIpc) is 3.23. The first-order chi connectivity index (χ1) is 14.8. The van der Waals surface area contributed by atoms with Gasteiger partial charge in [0.2, 0.25) is 0 Å². The molecule has 6 heteroatoms. The molecular weight excluding hydrogens is 523 g/mol. The number of hydrogen-bond donors (Lipinski definition) is 1. The minimum atomic E-state index is 0. The van der Waals surface area contributed by atoms with Gasteiger partial charge in [0.05, 0.1) is 32.5 Å². The van der Waals surface area contributed by atoms with E-state index in [0.717, 1.165) is 48.3 Å². The van der Waals surface area contributed by atoms with Gasteiger partial charge in [-0.1, -0.05) is 36.4 Å². The van der Waals surface area contributed by atoms with Crippen LogP contribution in [0.1, 0.15) is 1.43 Å².